The predicted octanol–water partition coefficient (Wildman–Crippen LogP) is 4.36. The molecule has 0 aromatic carbocycles. The van der Waals surface area contributed by atoms with E-state index in [-0.39, 0.29) is 11.7 Å². The van der Waals surface area contributed by atoms with Crippen molar-refractivity contribution in [1.29, 1.82) is 0 Å². The highest BCUT2D eigenvalue weighted by molar-refractivity contribution is 7.12. The molecule has 1 fully saturated rings. The molecule has 4 rings (SSSR count). The molecule has 0 saturated carbocycles. The summed E-state index contributed by atoms with van der Waals surface area (Å²) in [4.78, 5) is 32.0. The molecule has 1 aliphatic heterocycles. The topological polar surface area (TPSA) is 81.2 Å². The summed E-state index contributed by atoms with van der Waals surface area (Å²) in [7, 11) is 0. The number of imidazole rings is 1. The monoisotopic (exact) mass is 440 g/mol. The second kappa shape index (κ2) is 9.60. The molecule has 0 aliphatic carbocycles. The molecule has 1 aliphatic rings. The van der Waals surface area contributed by atoms with Crippen molar-refractivity contribution in [2.45, 2.75) is 58.4 Å². The van der Waals surface area contributed by atoms with Crippen molar-refractivity contribution in [3.05, 3.63) is 57.6 Å². The van der Waals surface area contributed by atoms with Gasteiger partial charge in [-0.3, -0.25) is 9.59 Å². The van der Waals surface area contributed by atoms with Crippen molar-refractivity contribution in [1.82, 2.24) is 19.6 Å². The van der Waals surface area contributed by atoms with Crippen LogP contribution < -0.4 is 0 Å². The summed E-state index contributed by atoms with van der Waals surface area (Å²) in [5.41, 5.74) is 2.01. The van der Waals surface area contributed by atoms with E-state index in [9.17, 15) is 9.59 Å². The van der Waals surface area contributed by atoms with Gasteiger partial charge in [0.15, 0.2) is 5.78 Å². The Morgan fingerprint density at radius 2 is 2.03 bits per heavy atom. The smallest absolute Gasteiger partial charge is 0.222 e. The van der Waals surface area contributed by atoms with Crippen LogP contribution in [0.25, 0.3) is 0 Å². The molecule has 31 heavy (non-hydrogen) atoms. The normalized spacial score (nSPS) is 14.8. The lowest BCUT2D eigenvalue weighted by atomic mass is 9.95. The fourth-order valence-electron chi connectivity index (χ4n) is 4.22. The number of thiophene rings is 1. The number of likely N-dealkylation sites (tertiary alicyclic amines) is 1. The van der Waals surface area contributed by atoms with Gasteiger partial charge in [-0.05, 0) is 44.6 Å². The van der Waals surface area contributed by atoms with E-state index in [1.54, 1.807) is 0 Å². The largest absolute Gasteiger partial charge is 0.361 e. The Morgan fingerprint density at radius 1 is 1.23 bits per heavy atom. The van der Waals surface area contributed by atoms with E-state index >= 15 is 0 Å². The number of aromatic nitrogens is 3. The lowest BCUT2D eigenvalue weighted by Gasteiger charge is -2.32. The van der Waals surface area contributed by atoms with Crippen LogP contribution in [0.5, 0.6) is 0 Å². The molecular weight excluding hydrogens is 412 g/mol. The van der Waals surface area contributed by atoms with Gasteiger partial charge >= 0.3 is 0 Å². The summed E-state index contributed by atoms with van der Waals surface area (Å²) in [6.45, 7) is 6.07. The summed E-state index contributed by atoms with van der Waals surface area (Å²) in [5.74, 6) is 2.52. The molecule has 3 aromatic heterocycles. The van der Waals surface area contributed by atoms with Crippen molar-refractivity contribution in [2.24, 2.45) is 0 Å². The van der Waals surface area contributed by atoms with Crippen molar-refractivity contribution in [3.63, 3.8) is 0 Å². The zero-order chi connectivity index (χ0) is 21.8. The zero-order valence-electron chi connectivity index (χ0n) is 18.0. The van der Waals surface area contributed by atoms with Crippen molar-refractivity contribution in [2.75, 3.05) is 13.1 Å². The van der Waals surface area contributed by atoms with E-state index < -0.39 is 0 Å². The first-order valence-electron chi connectivity index (χ1n) is 10.8. The molecule has 164 valence electrons. The van der Waals surface area contributed by atoms with E-state index in [0.29, 0.717) is 31.7 Å². The van der Waals surface area contributed by atoms with Gasteiger partial charge in [-0.1, -0.05) is 11.2 Å². The molecule has 0 unspecified atom stereocenters. The maximum atomic E-state index is 12.6. The van der Waals surface area contributed by atoms with Crippen LogP contribution >= 0.6 is 11.3 Å². The first-order chi connectivity index (χ1) is 15.0. The van der Waals surface area contributed by atoms with Crippen LogP contribution in [0.3, 0.4) is 0 Å². The Morgan fingerprint density at radius 3 is 2.71 bits per heavy atom. The van der Waals surface area contributed by atoms with Crippen molar-refractivity contribution >= 4 is 23.0 Å². The number of aryl methyl sites for hydroxylation is 2. The fraction of sp³-hybridized carbons (Fsp3) is 0.478. The van der Waals surface area contributed by atoms with Crippen molar-refractivity contribution < 1.29 is 14.1 Å². The standard InChI is InChI=1S/C23H28N4O3S/c1-16-19(17(2)30-25-16)15-27-13-10-24-23(27)18-8-11-26(12-9-18)22(29)7-3-5-20(28)21-6-4-14-31-21/h4,6,10,13-14,18H,3,5,7-9,11-12,15H2,1-2H3. The summed E-state index contributed by atoms with van der Waals surface area (Å²) in [5, 5.41) is 5.95. The van der Waals surface area contributed by atoms with Gasteiger partial charge in [0, 0.05) is 49.8 Å². The van der Waals surface area contributed by atoms with E-state index in [1.165, 1.54) is 11.3 Å². The van der Waals surface area contributed by atoms with Crippen LogP contribution in [0.4, 0.5) is 0 Å². The van der Waals surface area contributed by atoms with Crippen LogP contribution in [0.1, 0.15) is 70.5 Å². The Hall–Kier alpha value is -2.74. The number of carbonyl (C=O) groups is 2. The fourth-order valence-corrected chi connectivity index (χ4v) is 4.91. The average molecular weight is 441 g/mol. The molecule has 0 N–H and O–H groups in total. The van der Waals surface area contributed by atoms with E-state index in [0.717, 1.165) is 53.7 Å². The Kier molecular flexibility index (Phi) is 6.65. The highest BCUT2D eigenvalue weighted by Gasteiger charge is 2.26. The molecule has 7 nitrogen and oxygen atoms in total. The number of carbonyl (C=O) groups excluding carboxylic acids is 2. The second-order valence-corrected chi connectivity index (χ2v) is 9.07. The van der Waals surface area contributed by atoms with Gasteiger partial charge in [-0.15, -0.1) is 11.3 Å². The van der Waals surface area contributed by atoms with Gasteiger partial charge < -0.3 is 14.0 Å². The van der Waals surface area contributed by atoms with Gasteiger partial charge in [-0.2, -0.15) is 0 Å². The number of nitrogens with zero attached hydrogens (tertiary/aromatic N) is 4. The van der Waals surface area contributed by atoms with Crippen LogP contribution in [0.2, 0.25) is 0 Å². The van der Waals surface area contributed by atoms with Gasteiger partial charge in [0.05, 0.1) is 17.1 Å². The first kappa shape index (κ1) is 21.5. The van der Waals surface area contributed by atoms with Gasteiger partial charge in [-0.25, -0.2) is 4.98 Å². The number of hydrogen-bond acceptors (Lipinski definition) is 6. The summed E-state index contributed by atoms with van der Waals surface area (Å²) >= 11 is 1.46. The maximum absolute atomic E-state index is 12.6. The third-order valence-corrected chi connectivity index (χ3v) is 6.97. The number of ketones is 1. The van der Waals surface area contributed by atoms with E-state index in [1.807, 2.05) is 48.7 Å². The Bertz CT molecular complexity index is 1010. The molecule has 3 aromatic rings. The first-order valence-corrected chi connectivity index (χ1v) is 11.7. The predicted molar refractivity (Wildman–Crippen MR) is 118 cm³/mol. The lowest BCUT2D eigenvalue weighted by Crippen LogP contribution is -2.38. The third kappa shape index (κ3) is 4.95. The minimum atomic E-state index is 0.131. The molecule has 1 saturated heterocycles. The SMILES string of the molecule is Cc1noc(C)c1Cn1ccnc1C1CCN(C(=O)CCCC(=O)c2cccs2)CC1. The summed E-state index contributed by atoms with van der Waals surface area (Å²) < 4.78 is 7.46. The van der Waals surface area contributed by atoms with Gasteiger partial charge in [0.1, 0.15) is 11.6 Å². The molecule has 1 amide bonds. The molecular formula is C23H28N4O3S. The number of hydrogen-bond donors (Lipinski definition) is 0. The Labute approximate surface area is 186 Å². The van der Waals surface area contributed by atoms with Crippen LogP contribution in [0, 0.1) is 13.8 Å². The third-order valence-electron chi connectivity index (χ3n) is 6.06. The lowest BCUT2D eigenvalue weighted by molar-refractivity contribution is -0.132. The molecule has 0 spiro atoms. The maximum Gasteiger partial charge on any atom is 0.222 e. The highest BCUT2D eigenvalue weighted by atomic mass is 32.1. The van der Waals surface area contributed by atoms with Crippen LogP contribution in [0.15, 0.2) is 34.4 Å². The molecule has 0 bridgehead atoms. The number of Topliss-reactive ketones (excluding diaryl/α,β-unsaturated/α-hetero) is 1. The molecule has 0 radical (unpaired) electrons. The summed E-state index contributed by atoms with van der Waals surface area (Å²) in [6.07, 6.45) is 7.12. The zero-order valence-corrected chi connectivity index (χ0v) is 18.9. The summed E-state index contributed by atoms with van der Waals surface area (Å²) in [6, 6.07) is 3.72. The molecule has 8 heteroatoms. The number of amides is 1. The minimum absolute atomic E-state index is 0.131. The molecule has 4 heterocycles. The van der Waals surface area contributed by atoms with Gasteiger partial charge in [0.25, 0.3) is 0 Å². The Balaban J connectivity index is 1.27. The van der Waals surface area contributed by atoms with E-state index in [4.69, 9.17) is 4.52 Å². The molecule has 0 atom stereocenters. The average Bonchev–Trinajstić information content (AvgIpc) is 3.53. The van der Waals surface area contributed by atoms with Crippen LogP contribution in [-0.4, -0.2) is 44.4 Å². The highest BCUT2D eigenvalue weighted by Crippen LogP contribution is 2.28. The van der Waals surface area contributed by atoms with Gasteiger partial charge in [0.2, 0.25) is 5.91 Å². The number of rotatable bonds is 8. The van der Waals surface area contributed by atoms with Crippen molar-refractivity contribution in [3.8, 4) is 0 Å². The quantitative estimate of drug-likeness (QED) is 0.486. The number of piperidine rings is 1. The van der Waals surface area contributed by atoms with Crippen LogP contribution in [-0.2, 0) is 11.3 Å². The minimum Gasteiger partial charge on any atom is -0.361 e. The second-order valence-electron chi connectivity index (χ2n) is 8.13. The van der Waals surface area contributed by atoms with E-state index in [2.05, 4.69) is 14.7 Å².